The molecule has 1 saturated carbocycles. The van der Waals surface area contributed by atoms with Gasteiger partial charge >= 0.3 is 0 Å². The average Bonchev–Trinajstić information content (AvgIpc) is 3.08. The van der Waals surface area contributed by atoms with Crippen molar-refractivity contribution in [3.8, 4) is 0 Å². The van der Waals surface area contributed by atoms with E-state index in [1.807, 2.05) is 37.3 Å². The summed E-state index contributed by atoms with van der Waals surface area (Å²) in [5.74, 6) is 0.320. The van der Waals surface area contributed by atoms with Gasteiger partial charge in [-0.2, -0.15) is 5.10 Å². The third-order valence-electron chi connectivity index (χ3n) is 6.48. The maximum atomic E-state index is 12.8. The molecular formula is C23H31N3O4S2. The number of sulfone groups is 1. The Balaban J connectivity index is 1.60. The minimum Gasteiger partial charge on any atom is -0.260 e. The van der Waals surface area contributed by atoms with E-state index in [1.54, 1.807) is 4.68 Å². The van der Waals surface area contributed by atoms with Gasteiger partial charge in [-0.3, -0.25) is 4.68 Å². The lowest BCUT2D eigenvalue weighted by Gasteiger charge is -2.27. The number of fused-ring (bicyclic) bond motifs is 1. The van der Waals surface area contributed by atoms with Crippen LogP contribution in [0.5, 0.6) is 0 Å². The van der Waals surface area contributed by atoms with Crippen molar-refractivity contribution >= 4 is 25.9 Å². The van der Waals surface area contributed by atoms with Crippen molar-refractivity contribution in [2.75, 3.05) is 5.75 Å². The van der Waals surface area contributed by atoms with E-state index in [2.05, 4.69) is 9.82 Å². The van der Waals surface area contributed by atoms with E-state index < -0.39 is 19.9 Å². The van der Waals surface area contributed by atoms with Crippen LogP contribution < -0.4 is 4.72 Å². The molecule has 1 N–H and O–H groups in total. The van der Waals surface area contributed by atoms with Gasteiger partial charge in [0.2, 0.25) is 10.0 Å². The SMILES string of the molecule is C[C@@H](NS(=O)(=O)C=Cc1c2c(nn1Cc1ccccc1)CCS(=O)(=O)C2)C1CCCCC1. The van der Waals surface area contributed by atoms with Crippen molar-refractivity contribution in [1.29, 1.82) is 0 Å². The number of nitrogens with zero attached hydrogens (tertiary/aromatic N) is 2. The van der Waals surface area contributed by atoms with Crippen LogP contribution in [-0.4, -0.2) is 38.4 Å². The first-order valence-corrected chi connectivity index (χ1v) is 14.6. The lowest BCUT2D eigenvalue weighted by atomic mass is 9.85. The number of aryl methyl sites for hydroxylation is 1. The van der Waals surface area contributed by atoms with Crippen LogP contribution in [0.3, 0.4) is 0 Å². The fourth-order valence-electron chi connectivity index (χ4n) is 4.71. The van der Waals surface area contributed by atoms with E-state index in [-0.39, 0.29) is 17.5 Å². The number of hydrogen-bond acceptors (Lipinski definition) is 5. The molecule has 0 bridgehead atoms. The maximum Gasteiger partial charge on any atom is 0.234 e. The van der Waals surface area contributed by atoms with Crippen LogP contribution in [0, 0.1) is 5.92 Å². The van der Waals surface area contributed by atoms with Gasteiger partial charge in [-0.05, 0) is 37.3 Å². The Morgan fingerprint density at radius 1 is 1.19 bits per heavy atom. The summed E-state index contributed by atoms with van der Waals surface area (Å²) in [7, 11) is -6.89. The molecule has 7 nitrogen and oxygen atoms in total. The third kappa shape index (κ3) is 5.68. The van der Waals surface area contributed by atoms with Crippen LogP contribution in [0.25, 0.3) is 6.08 Å². The second kappa shape index (κ2) is 9.49. The highest BCUT2D eigenvalue weighted by Gasteiger charge is 2.28. The van der Waals surface area contributed by atoms with Gasteiger partial charge in [-0.15, -0.1) is 0 Å². The third-order valence-corrected chi connectivity index (χ3v) is 9.23. The monoisotopic (exact) mass is 477 g/mol. The highest BCUT2D eigenvalue weighted by molar-refractivity contribution is 7.92. The summed E-state index contributed by atoms with van der Waals surface area (Å²) in [6.45, 7) is 2.37. The topological polar surface area (TPSA) is 98.1 Å². The summed E-state index contributed by atoms with van der Waals surface area (Å²) in [5.41, 5.74) is 2.90. The molecule has 2 aliphatic rings. The maximum absolute atomic E-state index is 12.8. The van der Waals surface area contributed by atoms with E-state index in [0.717, 1.165) is 42.3 Å². The number of rotatable bonds is 7. The van der Waals surface area contributed by atoms with Gasteiger partial charge in [-0.25, -0.2) is 21.6 Å². The van der Waals surface area contributed by atoms with E-state index >= 15 is 0 Å². The minimum atomic E-state index is -3.67. The molecule has 0 unspecified atom stereocenters. The predicted molar refractivity (Wildman–Crippen MR) is 126 cm³/mol. The van der Waals surface area contributed by atoms with E-state index in [9.17, 15) is 16.8 Å². The summed E-state index contributed by atoms with van der Waals surface area (Å²) in [6, 6.07) is 9.59. The van der Waals surface area contributed by atoms with E-state index in [1.165, 1.54) is 12.5 Å². The Bertz CT molecular complexity index is 1180. The molecule has 0 radical (unpaired) electrons. The van der Waals surface area contributed by atoms with Crippen LogP contribution in [-0.2, 0) is 38.6 Å². The molecule has 1 aliphatic carbocycles. The van der Waals surface area contributed by atoms with Crippen molar-refractivity contribution < 1.29 is 16.8 Å². The smallest absolute Gasteiger partial charge is 0.234 e. The van der Waals surface area contributed by atoms with Crippen molar-refractivity contribution in [3.63, 3.8) is 0 Å². The second-order valence-corrected chi connectivity index (χ2v) is 12.7. The summed E-state index contributed by atoms with van der Waals surface area (Å²) in [4.78, 5) is 0. The summed E-state index contributed by atoms with van der Waals surface area (Å²) in [6.07, 6.45) is 7.45. The highest BCUT2D eigenvalue weighted by atomic mass is 32.2. The normalized spacial score (nSPS) is 20.3. The van der Waals surface area contributed by atoms with Gasteiger partial charge in [0.05, 0.1) is 29.4 Å². The van der Waals surface area contributed by atoms with Crippen LogP contribution >= 0.6 is 0 Å². The molecule has 1 aliphatic heterocycles. The zero-order chi connectivity index (χ0) is 22.8. The summed E-state index contributed by atoms with van der Waals surface area (Å²) >= 11 is 0. The summed E-state index contributed by atoms with van der Waals surface area (Å²) in [5, 5.41) is 5.79. The first-order chi connectivity index (χ1) is 15.2. The van der Waals surface area contributed by atoms with Crippen LogP contribution in [0.4, 0.5) is 0 Å². The zero-order valence-corrected chi connectivity index (χ0v) is 20.0. The molecule has 2 aromatic rings. The molecule has 0 amide bonds. The van der Waals surface area contributed by atoms with Gasteiger partial charge in [0.15, 0.2) is 9.84 Å². The molecule has 1 aromatic carbocycles. The lowest BCUT2D eigenvalue weighted by Crippen LogP contribution is -2.37. The molecule has 9 heteroatoms. The van der Waals surface area contributed by atoms with Crippen LogP contribution in [0.1, 0.15) is 61.5 Å². The number of nitrogens with one attached hydrogen (secondary N) is 1. The van der Waals surface area contributed by atoms with Crippen molar-refractivity contribution in [2.45, 2.75) is 63.8 Å². The molecule has 4 rings (SSSR count). The Labute approximate surface area is 190 Å². The van der Waals surface area contributed by atoms with Gasteiger partial charge in [0.1, 0.15) is 0 Å². The van der Waals surface area contributed by atoms with Crippen molar-refractivity contribution in [3.05, 3.63) is 58.3 Å². The van der Waals surface area contributed by atoms with Crippen LogP contribution in [0.2, 0.25) is 0 Å². The number of benzene rings is 1. The van der Waals surface area contributed by atoms with Gasteiger partial charge in [0.25, 0.3) is 0 Å². The fraction of sp³-hybridized carbons (Fsp3) is 0.522. The number of aromatic nitrogens is 2. The van der Waals surface area contributed by atoms with E-state index in [4.69, 9.17) is 0 Å². The molecule has 1 fully saturated rings. The average molecular weight is 478 g/mol. The number of sulfonamides is 1. The molecule has 174 valence electrons. The Morgan fingerprint density at radius 2 is 1.91 bits per heavy atom. The highest BCUT2D eigenvalue weighted by Crippen LogP contribution is 2.28. The molecular weight excluding hydrogens is 446 g/mol. The van der Waals surface area contributed by atoms with Gasteiger partial charge in [-0.1, -0.05) is 49.6 Å². The van der Waals surface area contributed by atoms with Gasteiger partial charge in [0, 0.05) is 23.4 Å². The quantitative estimate of drug-likeness (QED) is 0.660. The Morgan fingerprint density at radius 3 is 2.62 bits per heavy atom. The molecule has 0 saturated heterocycles. The standard InChI is InChI=1S/C23H31N3O4S2/c1-18(20-10-6-3-7-11-20)25-32(29,30)15-13-23-21-17-31(27,28)14-12-22(21)24-26(23)16-19-8-4-2-5-9-19/h2,4-5,8-9,13,15,18,20,25H,3,6-7,10-12,14,16-17H2,1H3/t18-/m1/s1. The molecule has 1 aromatic heterocycles. The first kappa shape index (κ1) is 23.2. The predicted octanol–water partition coefficient (Wildman–Crippen LogP) is 3.26. The minimum absolute atomic E-state index is 0.0737. The van der Waals surface area contributed by atoms with E-state index in [0.29, 0.717) is 30.1 Å². The van der Waals surface area contributed by atoms with Crippen LogP contribution in [0.15, 0.2) is 35.7 Å². The van der Waals surface area contributed by atoms with Gasteiger partial charge < -0.3 is 0 Å². The Hall–Kier alpha value is -1.97. The molecule has 32 heavy (non-hydrogen) atoms. The lowest BCUT2D eigenvalue weighted by molar-refractivity contribution is 0.303. The second-order valence-electron chi connectivity index (χ2n) is 8.95. The zero-order valence-electron chi connectivity index (χ0n) is 18.4. The summed E-state index contributed by atoms with van der Waals surface area (Å²) < 4.78 is 54.6. The largest absolute Gasteiger partial charge is 0.260 e. The first-order valence-electron chi connectivity index (χ1n) is 11.3. The Kier molecular flexibility index (Phi) is 6.88. The molecule has 0 spiro atoms. The fourth-order valence-corrected chi connectivity index (χ4v) is 7.21. The van der Waals surface area contributed by atoms with Crippen molar-refractivity contribution in [1.82, 2.24) is 14.5 Å². The van der Waals surface area contributed by atoms with Crippen molar-refractivity contribution in [2.24, 2.45) is 5.92 Å². The number of hydrogen-bond donors (Lipinski definition) is 1. The molecule has 1 atom stereocenters. The molecule has 2 heterocycles.